The highest BCUT2D eigenvalue weighted by Gasteiger charge is 2.72. The van der Waals surface area contributed by atoms with E-state index >= 15 is 0 Å². The maximum Gasteiger partial charge on any atom is 0.254 e. The zero-order valence-electron chi connectivity index (χ0n) is 29.5. The minimum Gasteiger partial charge on any atom is -0.437 e. The third-order valence-electron chi connectivity index (χ3n) is 12.3. The molecule has 0 spiro atoms. The van der Waals surface area contributed by atoms with Gasteiger partial charge in [0.05, 0.1) is 40.9 Å². The smallest absolute Gasteiger partial charge is 0.254 e. The summed E-state index contributed by atoms with van der Waals surface area (Å²) in [6.07, 6.45) is 8.71. The van der Waals surface area contributed by atoms with Crippen molar-refractivity contribution < 1.29 is 18.7 Å². The Morgan fingerprint density at radius 3 is 2.55 bits per heavy atom. The van der Waals surface area contributed by atoms with Gasteiger partial charge in [0.1, 0.15) is 28.7 Å². The second-order valence-electron chi connectivity index (χ2n) is 16.1. The van der Waals surface area contributed by atoms with E-state index in [0.717, 1.165) is 72.5 Å². The molecule has 4 saturated carbocycles. The highest BCUT2D eigenvalue weighted by Crippen LogP contribution is 2.69. The molecule has 3 N–H and O–H groups in total. The van der Waals surface area contributed by atoms with Crippen molar-refractivity contribution >= 4 is 28.5 Å². The van der Waals surface area contributed by atoms with Crippen molar-refractivity contribution in [1.29, 1.82) is 5.26 Å². The average Bonchev–Trinajstić information content (AvgIpc) is 3.44. The molecule has 4 bridgehead atoms. The monoisotopic (exact) mass is 714 g/mol. The summed E-state index contributed by atoms with van der Waals surface area (Å²) in [6.45, 7) is 4.66. The number of fused-ring (bicyclic) bond motifs is 4. The number of carbonyl (C=O) groups is 2. The first-order chi connectivity index (χ1) is 25.5. The Hall–Kier alpha value is -5.42. The standard InChI is InChI=1S/C39H39FN10O3/c1-20(45-37(52)38-17-39(40,18-38)19-38)28-7-5-23-9-30(48(35(23)46-28)16-22-3-4-22)34-21(2)49-32(47-34)10-24(36(51)50-25-6-8-29(50)27(42)12-25)11-33(49)53-26-14-43-31(13-41)44-15-26/h5,7,9-11,14-15,20,22,25,27,29H,3-4,6,8,12,16-19,42H2,1-2H3,(H,45,52)/t20-,25+,27-,29-,38?,39?/m1/s1. The minimum absolute atomic E-state index is 0.00864. The molecule has 11 rings (SSSR count). The van der Waals surface area contributed by atoms with Crippen molar-refractivity contribution in [2.45, 2.75) is 102 Å². The number of alkyl halides is 1. The number of pyridine rings is 2. The van der Waals surface area contributed by atoms with Gasteiger partial charge >= 0.3 is 0 Å². The highest BCUT2D eigenvalue weighted by molar-refractivity contribution is 5.97. The van der Waals surface area contributed by atoms with Crippen LogP contribution in [0.5, 0.6) is 11.6 Å². The molecule has 2 aliphatic heterocycles. The van der Waals surface area contributed by atoms with E-state index < -0.39 is 11.1 Å². The molecule has 13 nitrogen and oxygen atoms in total. The molecule has 6 aliphatic rings. The molecule has 4 aliphatic carbocycles. The lowest BCUT2D eigenvalue weighted by Gasteiger charge is -2.64. The molecule has 14 heteroatoms. The predicted molar refractivity (Wildman–Crippen MR) is 190 cm³/mol. The van der Waals surface area contributed by atoms with Gasteiger partial charge in [0, 0.05) is 41.7 Å². The molecule has 5 aromatic heterocycles. The van der Waals surface area contributed by atoms with Gasteiger partial charge < -0.3 is 25.3 Å². The Morgan fingerprint density at radius 2 is 1.89 bits per heavy atom. The summed E-state index contributed by atoms with van der Waals surface area (Å²) in [5.74, 6) is 1.02. The van der Waals surface area contributed by atoms with E-state index in [0.29, 0.717) is 48.0 Å². The summed E-state index contributed by atoms with van der Waals surface area (Å²) >= 11 is 0. The van der Waals surface area contributed by atoms with E-state index in [1.54, 1.807) is 6.07 Å². The van der Waals surface area contributed by atoms with E-state index in [2.05, 4.69) is 25.9 Å². The Labute approximate surface area is 304 Å². The fourth-order valence-corrected chi connectivity index (χ4v) is 9.42. The van der Waals surface area contributed by atoms with Crippen LogP contribution in [0.15, 0.2) is 42.7 Å². The first-order valence-electron chi connectivity index (χ1n) is 18.5. The number of hydrogen-bond donors (Lipinski definition) is 2. The lowest BCUT2D eigenvalue weighted by Crippen LogP contribution is -2.70. The van der Waals surface area contributed by atoms with Gasteiger partial charge in [-0.05, 0) is 95.4 Å². The normalized spacial score (nSPS) is 27.4. The second-order valence-corrected chi connectivity index (χ2v) is 16.1. The number of rotatable bonds is 9. The van der Waals surface area contributed by atoms with Crippen LogP contribution in [-0.4, -0.2) is 69.4 Å². The number of halogens is 1. The lowest BCUT2D eigenvalue weighted by molar-refractivity contribution is -0.214. The summed E-state index contributed by atoms with van der Waals surface area (Å²) in [4.78, 5) is 47.6. The van der Waals surface area contributed by atoms with E-state index in [1.807, 2.05) is 47.4 Å². The quantitative estimate of drug-likeness (QED) is 0.206. The van der Waals surface area contributed by atoms with Crippen LogP contribution < -0.4 is 15.8 Å². The number of aromatic nitrogens is 6. The van der Waals surface area contributed by atoms with Crippen molar-refractivity contribution in [3.63, 3.8) is 0 Å². The molecule has 53 heavy (non-hydrogen) atoms. The number of hydrogen-bond acceptors (Lipinski definition) is 9. The van der Waals surface area contributed by atoms with Crippen LogP contribution in [0.25, 0.3) is 28.1 Å². The maximum atomic E-state index is 14.2. The number of aryl methyl sites for hydroxylation is 1. The van der Waals surface area contributed by atoms with Crippen molar-refractivity contribution in [1.82, 2.24) is 39.1 Å². The number of nitriles is 1. The molecule has 2 saturated heterocycles. The number of carbonyl (C=O) groups excluding carboxylic acids is 2. The van der Waals surface area contributed by atoms with Gasteiger partial charge in [-0.25, -0.2) is 24.3 Å². The van der Waals surface area contributed by atoms with Crippen LogP contribution in [-0.2, 0) is 11.3 Å². The zero-order chi connectivity index (χ0) is 36.4. The summed E-state index contributed by atoms with van der Waals surface area (Å²) in [5, 5.41) is 13.3. The van der Waals surface area contributed by atoms with Crippen LogP contribution in [0, 0.1) is 29.6 Å². The van der Waals surface area contributed by atoms with Crippen LogP contribution in [0.4, 0.5) is 4.39 Å². The Morgan fingerprint density at radius 1 is 1.11 bits per heavy atom. The minimum atomic E-state index is -1.14. The van der Waals surface area contributed by atoms with E-state index in [1.165, 1.54) is 12.4 Å². The number of nitrogens with two attached hydrogens (primary N) is 1. The third-order valence-corrected chi connectivity index (χ3v) is 12.3. The number of nitrogens with zero attached hydrogens (tertiary/aromatic N) is 8. The number of nitrogens with one attached hydrogen (secondary N) is 1. The summed E-state index contributed by atoms with van der Waals surface area (Å²) in [7, 11) is 0. The van der Waals surface area contributed by atoms with Gasteiger partial charge in [0.2, 0.25) is 17.6 Å². The van der Waals surface area contributed by atoms with Gasteiger partial charge in [-0.3, -0.25) is 14.0 Å². The largest absolute Gasteiger partial charge is 0.437 e. The highest BCUT2D eigenvalue weighted by atomic mass is 19.1. The topological polar surface area (TPSA) is 169 Å². The van der Waals surface area contributed by atoms with E-state index in [-0.39, 0.29) is 41.8 Å². The molecule has 4 atom stereocenters. The Kier molecular flexibility index (Phi) is 6.87. The molecule has 0 unspecified atom stereocenters. The Bertz CT molecular complexity index is 2390. The van der Waals surface area contributed by atoms with Crippen molar-refractivity contribution in [3.8, 4) is 29.1 Å². The summed E-state index contributed by atoms with van der Waals surface area (Å²) in [5.41, 5.74) is 9.66. The zero-order valence-corrected chi connectivity index (χ0v) is 29.5. The number of amides is 2. The summed E-state index contributed by atoms with van der Waals surface area (Å²) in [6, 6.07) is 11.3. The predicted octanol–water partition coefficient (Wildman–Crippen LogP) is 5.30. The van der Waals surface area contributed by atoms with Gasteiger partial charge in [0.15, 0.2) is 5.75 Å². The van der Waals surface area contributed by atoms with Gasteiger partial charge in [-0.2, -0.15) is 5.26 Å². The second kappa shape index (κ2) is 11.3. The average molecular weight is 715 g/mol. The number of ether oxygens (including phenoxy) is 1. The molecule has 2 amide bonds. The van der Waals surface area contributed by atoms with Crippen LogP contribution >= 0.6 is 0 Å². The SMILES string of the molecule is Cc1c(-c2cc3ccc([C@@H](C)NC(=O)C45CC(F)(C4)C5)nc3n2CC2CC2)nc2cc(C(=O)N3[C@H]4CC[C@@H]3[C@H](N)C4)cc(Oc3cnc(C#N)nc3)n12. The van der Waals surface area contributed by atoms with Crippen LogP contribution in [0.3, 0.4) is 0 Å². The first kappa shape index (κ1) is 32.2. The maximum absolute atomic E-state index is 14.2. The molecular weight excluding hydrogens is 675 g/mol. The summed E-state index contributed by atoms with van der Waals surface area (Å²) < 4.78 is 24.6. The third kappa shape index (κ3) is 5.04. The molecule has 5 aromatic rings. The Balaban J connectivity index is 1.05. The fraction of sp³-hybridized carbons (Fsp3) is 0.462. The molecule has 0 radical (unpaired) electrons. The van der Waals surface area contributed by atoms with Crippen LogP contribution in [0.2, 0.25) is 0 Å². The van der Waals surface area contributed by atoms with Gasteiger partial charge in [-0.15, -0.1) is 0 Å². The molecule has 7 heterocycles. The first-order valence-corrected chi connectivity index (χ1v) is 18.5. The molecule has 6 fully saturated rings. The van der Waals surface area contributed by atoms with Crippen molar-refractivity contribution in [3.05, 3.63) is 65.5 Å². The molecule has 270 valence electrons. The van der Waals surface area contributed by atoms with Crippen molar-refractivity contribution in [2.24, 2.45) is 17.1 Å². The van der Waals surface area contributed by atoms with E-state index in [9.17, 15) is 19.2 Å². The van der Waals surface area contributed by atoms with Crippen LogP contribution in [0.1, 0.15) is 91.9 Å². The van der Waals surface area contributed by atoms with Crippen molar-refractivity contribution in [2.75, 3.05) is 0 Å². The fourth-order valence-electron chi connectivity index (χ4n) is 9.42. The molecular formula is C39H39FN10O3. The van der Waals surface area contributed by atoms with Gasteiger partial charge in [0.25, 0.3) is 5.91 Å². The lowest BCUT2D eigenvalue weighted by atomic mass is 9.42. The number of imidazole rings is 1. The molecule has 0 aromatic carbocycles. The van der Waals surface area contributed by atoms with Gasteiger partial charge in [-0.1, -0.05) is 0 Å². The van der Waals surface area contributed by atoms with E-state index in [4.69, 9.17) is 20.4 Å².